The summed E-state index contributed by atoms with van der Waals surface area (Å²) in [4.78, 5) is 12.0. The van der Waals surface area contributed by atoms with Crippen molar-refractivity contribution in [2.75, 3.05) is 18.5 Å². The van der Waals surface area contributed by atoms with E-state index in [0.29, 0.717) is 18.0 Å². The summed E-state index contributed by atoms with van der Waals surface area (Å²) in [6, 6.07) is 12.9. The molecule has 1 amide bonds. The number of rotatable bonds is 5. The zero-order valence-electron chi connectivity index (χ0n) is 12.6. The highest BCUT2D eigenvalue weighted by atomic mass is 19.1. The molecule has 1 fully saturated rings. The van der Waals surface area contributed by atoms with Gasteiger partial charge in [-0.3, -0.25) is 4.79 Å². The molecule has 0 spiro atoms. The molecule has 23 heavy (non-hydrogen) atoms. The molecule has 3 rings (SSSR count). The van der Waals surface area contributed by atoms with Crippen LogP contribution in [0.25, 0.3) is 0 Å². The van der Waals surface area contributed by atoms with Crippen LogP contribution < -0.4 is 10.1 Å². The molecule has 1 heterocycles. The number of amides is 1. The molecule has 4 nitrogen and oxygen atoms in total. The molecule has 120 valence electrons. The molecular weight excluding hydrogens is 297 g/mol. The van der Waals surface area contributed by atoms with Gasteiger partial charge in [-0.1, -0.05) is 12.1 Å². The molecule has 0 bridgehead atoms. The molecule has 0 aliphatic carbocycles. The molecular formula is C18H18FNO3. The lowest BCUT2D eigenvalue weighted by Crippen LogP contribution is -2.16. The maximum absolute atomic E-state index is 13.6. The van der Waals surface area contributed by atoms with Crippen LogP contribution in [0.15, 0.2) is 48.5 Å². The first-order valence-electron chi connectivity index (χ1n) is 7.63. The highest BCUT2D eigenvalue weighted by Crippen LogP contribution is 2.19. The molecule has 1 unspecified atom stereocenters. The molecule has 1 aliphatic heterocycles. The SMILES string of the molecule is O=C(Nc1ccc(OCC2CCCO2)cc1)c1ccccc1F. The van der Waals surface area contributed by atoms with E-state index in [0.717, 1.165) is 19.4 Å². The van der Waals surface area contributed by atoms with Gasteiger partial charge in [-0.2, -0.15) is 0 Å². The van der Waals surface area contributed by atoms with Crippen molar-refractivity contribution in [3.05, 3.63) is 59.9 Å². The van der Waals surface area contributed by atoms with Crippen molar-refractivity contribution in [3.63, 3.8) is 0 Å². The number of carbonyl (C=O) groups excluding carboxylic acids is 1. The van der Waals surface area contributed by atoms with Crippen molar-refractivity contribution in [1.29, 1.82) is 0 Å². The number of halogens is 1. The van der Waals surface area contributed by atoms with Crippen LogP contribution in [-0.4, -0.2) is 25.2 Å². The predicted octanol–water partition coefficient (Wildman–Crippen LogP) is 3.64. The number of carbonyl (C=O) groups is 1. The standard InChI is InChI=1S/C18H18FNO3/c19-17-6-2-1-5-16(17)18(21)20-13-7-9-14(10-8-13)23-12-15-4-3-11-22-15/h1-2,5-10,15H,3-4,11-12H2,(H,20,21). The lowest BCUT2D eigenvalue weighted by molar-refractivity contribution is 0.0679. The van der Waals surface area contributed by atoms with E-state index in [-0.39, 0.29) is 11.7 Å². The molecule has 0 radical (unpaired) electrons. The van der Waals surface area contributed by atoms with Crippen molar-refractivity contribution in [2.24, 2.45) is 0 Å². The van der Waals surface area contributed by atoms with Crippen molar-refractivity contribution in [3.8, 4) is 5.75 Å². The topological polar surface area (TPSA) is 47.6 Å². The maximum Gasteiger partial charge on any atom is 0.258 e. The Morgan fingerprint density at radius 2 is 2.00 bits per heavy atom. The van der Waals surface area contributed by atoms with Crippen molar-refractivity contribution >= 4 is 11.6 Å². The van der Waals surface area contributed by atoms with Gasteiger partial charge in [-0.15, -0.1) is 0 Å². The molecule has 1 atom stereocenters. The zero-order chi connectivity index (χ0) is 16.1. The van der Waals surface area contributed by atoms with E-state index in [9.17, 15) is 9.18 Å². The Hall–Kier alpha value is -2.40. The molecule has 1 aliphatic rings. The first-order chi connectivity index (χ1) is 11.2. The zero-order valence-corrected chi connectivity index (χ0v) is 12.6. The minimum atomic E-state index is -0.540. The number of hydrogen-bond acceptors (Lipinski definition) is 3. The Balaban J connectivity index is 1.56. The summed E-state index contributed by atoms with van der Waals surface area (Å²) in [5.74, 6) is -0.304. The van der Waals surface area contributed by atoms with Gasteiger partial charge < -0.3 is 14.8 Å². The Morgan fingerprint density at radius 3 is 2.70 bits per heavy atom. The van der Waals surface area contributed by atoms with Crippen LogP contribution in [-0.2, 0) is 4.74 Å². The quantitative estimate of drug-likeness (QED) is 0.916. The molecule has 5 heteroatoms. The fourth-order valence-electron chi connectivity index (χ4n) is 2.44. The van der Waals surface area contributed by atoms with Crippen LogP contribution in [0.1, 0.15) is 23.2 Å². The second-order valence-electron chi connectivity index (χ2n) is 5.40. The third kappa shape index (κ3) is 4.07. The highest BCUT2D eigenvalue weighted by Gasteiger charge is 2.16. The average molecular weight is 315 g/mol. The molecule has 1 saturated heterocycles. The molecule has 2 aromatic carbocycles. The number of nitrogens with one attached hydrogen (secondary N) is 1. The summed E-state index contributed by atoms with van der Waals surface area (Å²) >= 11 is 0. The Morgan fingerprint density at radius 1 is 1.22 bits per heavy atom. The van der Waals surface area contributed by atoms with Crippen molar-refractivity contribution in [1.82, 2.24) is 0 Å². The van der Waals surface area contributed by atoms with E-state index in [1.165, 1.54) is 12.1 Å². The number of ether oxygens (including phenoxy) is 2. The average Bonchev–Trinajstić information content (AvgIpc) is 3.08. The number of benzene rings is 2. The normalized spacial score (nSPS) is 17.0. The fourth-order valence-corrected chi connectivity index (χ4v) is 2.44. The van der Waals surface area contributed by atoms with E-state index < -0.39 is 11.7 Å². The predicted molar refractivity (Wildman–Crippen MR) is 85.3 cm³/mol. The van der Waals surface area contributed by atoms with Gasteiger partial charge in [0.1, 0.15) is 18.2 Å². The Labute approximate surface area is 134 Å². The van der Waals surface area contributed by atoms with Gasteiger partial charge in [0.25, 0.3) is 5.91 Å². The van der Waals surface area contributed by atoms with E-state index in [1.54, 1.807) is 36.4 Å². The summed E-state index contributed by atoms with van der Waals surface area (Å²) in [5, 5.41) is 2.66. The van der Waals surface area contributed by atoms with Crippen molar-refractivity contribution < 1.29 is 18.7 Å². The summed E-state index contributed by atoms with van der Waals surface area (Å²) in [5.41, 5.74) is 0.605. The van der Waals surface area contributed by atoms with Crippen molar-refractivity contribution in [2.45, 2.75) is 18.9 Å². The highest BCUT2D eigenvalue weighted by molar-refractivity contribution is 6.04. The minimum absolute atomic E-state index is 0.0196. The van der Waals surface area contributed by atoms with Gasteiger partial charge in [-0.05, 0) is 49.2 Å². The number of anilines is 1. The van der Waals surface area contributed by atoms with Gasteiger partial charge >= 0.3 is 0 Å². The third-order valence-corrected chi connectivity index (χ3v) is 3.69. The molecule has 2 aromatic rings. The monoisotopic (exact) mass is 315 g/mol. The summed E-state index contributed by atoms with van der Waals surface area (Å²) in [6.45, 7) is 1.33. The lowest BCUT2D eigenvalue weighted by Gasteiger charge is -2.12. The van der Waals surface area contributed by atoms with Gasteiger partial charge in [-0.25, -0.2) is 4.39 Å². The van der Waals surface area contributed by atoms with Gasteiger partial charge in [0.2, 0.25) is 0 Å². The van der Waals surface area contributed by atoms with E-state index in [4.69, 9.17) is 9.47 Å². The molecule has 1 N–H and O–H groups in total. The first kappa shape index (κ1) is 15.5. The Bertz CT molecular complexity index is 666. The summed E-state index contributed by atoms with van der Waals surface area (Å²) in [7, 11) is 0. The van der Waals surface area contributed by atoms with Crippen LogP contribution >= 0.6 is 0 Å². The number of hydrogen-bond donors (Lipinski definition) is 1. The largest absolute Gasteiger partial charge is 0.491 e. The van der Waals surface area contributed by atoms with E-state index in [2.05, 4.69) is 5.32 Å². The van der Waals surface area contributed by atoms with Crippen LogP contribution in [0, 0.1) is 5.82 Å². The van der Waals surface area contributed by atoms with Crippen LogP contribution in [0.3, 0.4) is 0 Å². The van der Waals surface area contributed by atoms with E-state index in [1.807, 2.05) is 0 Å². The van der Waals surface area contributed by atoms with Gasteiger partial charge in [0.05, 0.1) is 11.7 Å². The lowest BCUT2D eigenvalue weighted by atomic mass is 10.2. The molecule has 0 aromatic heterocycles. The van der Waals surface area contributed by atoms with Gasteiger partial charge in [0.15, 0.2) is 0 Å². The third-order valence-electron chi connectivity index (χ3n) is 3.69. The van der Waals surface area contributed by atoms with Crippen LogP contribution in [0.5, 0.6) is 5.75 Å². The minimum Gasteiger partial charge on any atom is -0.491 e. The second-order valence-corrected chi connectivity index (χ2v) is 5.40. The summed E-state index contributed by atoms with van der Waals surface area (Å²) in [6.07, 6.45) is 2.27. The van der Waals surface area contributed by atoms with Gasteiger partial charge in [0, 0.05) is 12.3 Å². The molecule has 0 saturated carbocycles. The van der Waals surface area contributed by atoms with E-state index >= 15 is 0 Å². The smallest absolute Gasteiger partial charge is 0.258 e. The summed E-state index contributed by atoms with van der Waals surface area (Å²) < 4.78 is 24.7. The first-order valence-corrected chi connectivity index (χ1v) is 7.63. The second kappa shape index (κ2) is 7.24. The fraction of sp³-hybridized carbons (Fsp3) is 0.278. The van der Waals surface area contributed by atoms with Crippen LogP contribution in [0.2, 0.25) is 0 Å². The van der Waals surface area contributed by atoms with Crippen LogP contribution in [0.4, 0.5) is 10.1 Å². The Kier molecular flexibility index (Phi) is 4.88. The maximum atomic E-state index is 13.6.